The van der Waals surface area contributed by atoms with Crippen LogP contribution in [0.2, 0.25) is 10.2 Å². The lowest BCUT2D eigenvalue weighted by Gasteiger charge is -2.14. The normalized spacial score (nSPS) is 14.1. The number of methoxy groups -OCH3 is 1. The van der Waals surface area contributed by atoms with E-state index in [2.05, 4.69) is 0 Å². The number of carboxylic acid groups (broad SMARTS) is 1. The molecule has 1 aromatic carbocycles. The van der Waals surface area contributed by atoms with Gasteiger partial charge in [-0.25, -0.2) is 9.18 Å². The number of nitrogens with zero attached hydrogens (tertiary/aromatic N) is 1. The molecule has 28 heavy (non-hydrogen) atoms. The fraction of sp³-hybridized carbons (Fsp3) is 0.111. The van der Waals surface area contributed by atoms with Gasteiger partial charge in [-0.3, -0.25) is 9.36 Å². The van der Waals surface area contributed by atoms with Crippen molar-refractivity contribution < 1.29 is 23.8 Å². The largest absolute Gasteiger partial charge is 0.496 e. The number of aliphatic carboxylic acids is 1. The van der Waals surface area contributed by atoms with Crippen LogP contribution in [0.15, 0.2) is 39.9 Å². The third-order valence-electron chi connectivity index (χ3n) is 4.08. The highest BCUT2D eigenvalue weighted by molar-refractivity contribution is 6.47. The molecule has 5 nitrogen and oxygen atoms in total. The first-order chi connectivity index (χ1) is 13.2. The number of hydrogen-bond donors (Lipinski definition) is 1. The number of ether oxygens (including phenoxy) is 1. The topological polar surface area (TPSA) is 68.5 Å². The van der Waals surface area contributed by atoms with Crippen molar-refractivity contribution in [2.45, 2.75) is 6.42 Å². The molecule has 0 radical (unpaired) electrons. The second-order valence-corrected chi connectivity index (χ2v) is 7.30. The SMILES string of the molecule is COc1ccc(F)cc1C(=O)c1cc(Cl)c(Cl)n1C1=C(C(=O)O)CC(Cl)=C1Cl. The number of carbonyl (C=O) groups is 2. The Morgan fingerprint density at radius 3 is 2.46 bits per heavy atom. The number of rotatable bonds is 5. The minimum absolute atomic E-state index is 0.0230. The molecule has 0 amide bonds. The first kappa shape index (κ1) is 20.7. The molecular weight excluding hydrogens is 455 g/mol. The summed E-state index contributed by atoms with van der Waals surface area (Å²) in [4.78, 5) is 24.8. The summed E-state index contributed by atoms with van der Waals surface area (Å²) >= 11 is 24.5. The van der Waals surface area contributed by atoms with E-state index >= 15 is 0 Å². The van der Waals surface area contributed by atoms with Gasteiger partial charge in [-0.05, 0) is 24.3 Å². The molecule has 0 saturated carbocycles. The van der Waals surface area contributed by atoms with E-state index in [0.29, 0.717) is 0 Å². The van der Waals surface area contributed by atoms with E-state index < -0.39 is 17.6 Å². The first-order valence-electron chi connectivity index (χ1n) is 7.63. The average molecular weight is 465 g/mol. The Kier molecular flexibility index (Phi) is 5.77. The lowest BCUT2D eigenvalue weighted by atomic mass is 10.1. The van der Waals surface area contributed by atoms with Crippen molar-refractivity contribution in [2.24, 2.45) is 0 Å². The maximum absolute atomic E-state index is 13.7. The molecule has 0 spiro atoms. The van der Waals surface area contributed by atoms with Crippen molar-refractivity contribution in [2.75, 3.05) is 7.11 Å². The predicted molar refractivity (Wildman–Crippen MR) is 105 cm³/mol. The molecule has 0 saturated heterocycles. The van der Waals surface area contributed by atoms with Crippen molar-refractivity contribution >= 4 is 63.9 Å². The summed E-state index contributed by atoms with van der Waals surface area (Å²) in [6.45, 7) is 0. The number of carbonyl (C=O) groups excluding carboxylic acids is 1. The van der Waals surface area contributed by atoms with Crippen LogP contribution in [0, 0.1) is 5.82 Å². The van der Waals surface area contributed by atoms with Gasteiger partial charge >= 0.3 is 5.97 Å². The summed E-state index contributed by atoms with van der Waals surface area (Å²) in [5.41, 5.74) is -0.465. The number of benzene rings is 1. The molecule has 1 N–H and O–H groups in total. The highest BCUT2D eigenvalue weighted by Crippen LogP contribution is 2.44. The minimum Gasteiger partial charge on any atom is -0.496 e. The van der Waals surface area contributed by atoms with Crippen LogP contribution in [0.3, 0.4) is 0 Å². The van der Waals surface area contributed by atoms with Gasteiger partial charge in [0.15, 0.2) is 0 Å². The van der Waals surface area contributed by atoms with Crippen LogP contribution >= 0.6 is 46.4 Å². The van der Waals surface area contributed by atoms with Gasteiger partial charge in [0.05, 0.1) is 39.7 Å². The molecule has 10 heteroatoms. The Morgan fingerprint density at radius 2 is 1.86 bits per heavy atom. The number of aromatic nitrogens is 1. The molecule has 1 aromatic heterocycles. The molecule has 0 unspecified atom stereocenters. The fourth-order valence-electron chi connectivity index (χ4n) is 2.83. The lowest BCUT2D eigenvalue weighted by molar-refractivity contribution is -0.132. The molecule has 3 rings (SSSR count). The molecule has 0 atom stereocenters. The van der Waals surface area contributed by atoms with Crippen LogP contribution in [0.1, 0.15) is 22.5 Å². The highest BCUT2D eigenvalue weighted by Gasteiger charge is 2.33. The summed E-state index contributed by atoms with van der Waals surface area (Å²) in [5.74, 6) is -2.53. The Hall–Kier alpha value is -1.99. The molecule has 146 valence electrons. The van der Waals surface area contributed by atoms with E-state index in [4.69, 9.17) is 51.1 Å². The summed E-state index contributed by atoms with van der Waals surface area (Å²) in [6.07, 6.45) is -0.145. The number of ketones is 1. The lowest BCUT2D eigenvalue weighted by Crippen LogP contribution is -2.13. The smallest absolute Gasteiger partial charge is 0.334 e. The van der Waals surface area contributed by atoms with Crippen molar-refractivity contribution in [3.63, 3.8) is 0 Å². The van der Waals surface area contributed by atoms with Crippen molar-refractivity contribution in [1.29, 1.82) is 0 Å². The fourth-order valence-corrected chi connectivity index (χ4v) is 3.73. The number of halogens is 5. The summed E-state index contributed by atoms with van der Waals surface area (Å²) in [6, 6.07) is 4.65. The maximum atomic E-state index is 13.7. The predicted octanol–water partition coefficient (Wildman–Crippen LogP) is 5.56. The molecule has 0 bridgehead atoms. The zero-order valence-corrected chi connectivity index (χ0v) is 17.0. The minimum atomic E-state index is -1.29. The average Bonchev–Trinajstić information content (AvgIpc) is 3.11. The highest BCUT2D eigenvalue weighted by atomic mass is 35.5. The van der Waals surface area contributed by atoms with E-state index in [9.17, 15) is 19.1 Å². The third kappa shape index (κ3) is 3.42. The molecular formula is C18H10Cl4FNO4. The number of hydrogen-bond acceptors (Lipinski definition) is 3. The zero-order chi connectivity index (χ0) is 20.7. The summed E-state index contributed by atoms with van der Waals surface area (Å²) < 4.78 is 19.9. The molecule has 1 aliphatic carbocycles. The van der Waals surface area contributed by atoms with E-state index in [1.54, 1.807) is 0 Å². The van der Waals surface area contributed by atoms with Gasteiger partial charge in [0.1, 0.15) is 16.7 Å². The van der Waals surface area contributed by atoms with Crippen LogP contribution < -0.4 is 4.74 Å². The molecule has 0 fully saturated rings. The molecule has 2 aromatic rings. The van der Waals surface area contributed by atoms with E-state index in [0.717, 1.165) is 16.7 Å². The van der Waals surface area contributed by atoms with Gasteiger partial charge < -0.3 is 9.84 Å². The van der Waals surface area contributed by atoms with Crippen LogP contribution in [-0.4, -0.2) is 28.5 Å². The van der Waals surface area contributed by atoms with E-state index in [1.165, 1.54) is 19.2 Å². The third-order valence-corrected chi connectivity index (χ3v) is 5.67. The standard InChI is InChI=1S/C18H10Cl4FNO4/c1-28-13-3-2-7(23)4-8(13)16(25)12-6-11(20)17(22)24(12)15-9(18(26)27)5-10(19)14(15)21/h2-4,6H,5H2,1H3,(H,26,27). The van der Waals surface area contributed by atoms with E-state index in [1.807, 2.05) is 0 Å². The van der Waals surface area contributed by atoms with E-state index in [-0.39, 0.29) is 54.9 Å². The molecule has 1 heterocycles. The first-order valence-corrected chi connectivity index (χ1v) is 9.14. The van der Waals surface area contributed by atoms with Gasteiger partial charge in [0.2, 0.25) is 5.78 Å². The second kappa shape index (κ2) is 7.79. The number of carboxylic acids is 1. The number of allylic oxidation sites excluding steroid dienone is 3. The second-order valence-electron chi connectivity index (χ2n) is 5.71. The van der Waals surface area contributed by atoms with Gasteiger partial charge in [-0.2, -0.15) is 0 Å². The van der Waals surface area contributed by atoms with Crippen molar-refractivity contribution in [3.8, 4) is 5.75 Å². The van der Waals surface area contributed by atoms with Gasteiger partial charge in [-0.1, -0.05) is 46.4 Å². The summed E-state index contributed by atoms with van der Waals surface area (Å²) in [7, 11) is 1.32. The Labute approximate surface area is 178 Å². The molecule has 1 aliphatic rings. The summed E-state index contributed by atoms with van der Waals surface area (Å²) in [5, 5.41) is 9.34. The monoisotopic (exact) mass is 463 g/mol. The maximum Gasteiger partial charge on any atom is 0.334 e. The quantitative estimate of drug-likeness (QED) is 0.588. The van der Waals surface area contributed by atoms with Crippen LogP contribution in [0.4, 0.5) is 4.39 Å². The van der Waals surface area contributed by atoms with Crippen LogP contribution in [0.25, 0.3) is 5.70 Å². The Balaban J connectivity index is 2.28. The van der Waals surface area contributed by atoms with Gasteiger partial charge in [0, 0.05) is 11.5 Å². The van der Waals surface area contributed by atoms with Crippen LogP contribution in [-0.2, 0) is 4.79 Å². The van der Waals surface area contributed by atoms with Gasteiger partial charge in [0.25, 0.3) is 0 Å². The van der Waals surface area contributed by atoms with Crippen LogP contribution in [0.5, 0.6) is 5.75 Å². The zero-order valence-electron chi connectivity index (χ0n) is 14.0. The van der Waals surface area contributed by atoms with Gasteiger partial charge in [-0.15, -0.1) is 0 Å². The Morgan fingerprint density at radius 1 is 1.18 bits per heavy atom. The van der Waals surface area contributed by atoms with Crippen molar-refractivity contribution in [3.05, 3.63) is 67.2 Å². The molecule has 0 aliphatic heterocycles. The van der Waals surface area contributed by atoms with Crippen molar-refractivity contribution in [1.82, 2.24) is 4.57 Å². The Bertz CT molecular complexity index is 1090.